The quantitative estimate of drug-likeness (QED) is 0.223. The number of aliphatic hydroxyl groups is 2. The van der Waals surface area contributed by atoms with Gasteiger partial charge in [0.15, 0.2) is 6.29 Å². The molecular formula is C27H29Cl2N3O3. The second-order valence-corrected chi connectivity index (χ2v) is 9.66. The van der Waals surface area contributed by atoms with E-state index in [1.165, 1.54) is 11.1 Å². The Balaban J connectivity index is 1.37. The number of piperidine rings is 1. The largest absolute Gasteiger partial charge is 0.457 e. The number of nitrogens with zero attached hydrogens (tertiary/aromatic N) is 3. The topological polar surface area (TPSA) is 70.2 Å². The van der Waals surface area contributed by atoms with Gasteiger partial charge in [-0.15, -0.1) is 0 Å². The predicted molar refractivity (Wildman–Crippen MR) is 140 cm³/mol. The van der Waals surface area contributed by atoms with Crippen LogP contribution in [0.1, 0.15) is 43.2 Å². The van der Waals surface area contributed by atoms with Gasteiger partial charge in [0, 0.05) is 41.1 Å². The maximum atomic E-state index is 9.68. The lowest BCUT2D eigenvalue weighted by Crippen LogP contribution is -2.34. The Hall–Kier alpha value is -2.61. The Bertz CT molecular complexity index is 1240. The van der Waals surface area contributed by atoms with E-state index in [0.717, 1.165) is 32.5 Å². The minimum Gasteiger partial charge on any atom is -0.457 e. The molecule has 0 amide bonds. The van der Waals surface area contributed by atoms with Crippen LogP contribution in [-0.4, -0.2) is 44.1 Å². The zero-order valence-electron chi connectivity index (χ0n) is 19.6. The number of likely N-dealkylation sites (tertiary alicyclic amines) is 1. The number of pyridine rings is 1. The van der Waals surface area contributed by atoms with Crippen molar-refractivity contribution < 1.29 is 14.9 Å². The fourth-order valence-corrected chi connectivity index (χ4v) is 4.97. The molecule has 1 aliphatic rings. The first-order valence-electron chi connectivity index (χ1n) is 11.5. The summed E-state index contributed by atoms with van der Waals surface area (Å²) in [6.07, 6.45) is 9.26. The van der Waals surface area contributed by atoms with E-state index < -0.39 is 6.29 Å². The molecule has 184 valence electrons. The van der Waals surface area contributed by atoms with Gasteiger partial charge in [0.2, 0.25) is 0 Å². The smallest absolute Gasteiger partial charge is 0.194 e. The summed E-state index contributed by atoms with van der Waals surface area (Å²) in [5, 5.41) is 20.7. The molecule has 1 aromatic carbocycles. The average molecular weight is 514 g/mol. The van der Waals surface area contributed by atoms with Crippen LogP contribution in [-0.2, 0) is 0 Å². The Morgan fingerprint density at radius 2 is 1.86 bits per heavy atom. The van der Waals surface area contributed by atoms with Gasteiger partial charge in [0.1, 0.15) is 17.2 Å². The number of hydrogen-bond acceptors (Lipinski definition) is 5. The van der Waals surface area contributed by atoms with Crippen LogP contribution >= 0.6 is 23.2 Å². The van der Waals surface area contributed by atoms with Crippen molar-refractivity contribution >= 4 is 28.8 Å². The van der Waals surface area contributed by atoms with Gasteiger partial charge in [0.05, 0.1) is 5.69 Å². The summed E-state index contributed by atoms with van der Waals surface area (Å²) in [4.78, 5) is 6.66. The summed E-state index contributed by atoms with van der Waals surface area (Å²) >= 11 is 12.4. The first kappa shape index (κ1) is 25.5. The van der Waals surface area contributed by atoms with Gasteiger partial charge in [-0.25, -0.2) is 4.98 Å². The average Bonchev–Trinajstić information content (AvgIpc) is 3.29. The molecule has 2 N–H and O–H groups in total. The third-order valence-corrected chi connectivity index (χ3v) is 6.60. The monoisotopic (exact) mass is 513 g/mol. The third-order valence-electron chi connectivity index (χ3n) is 6.16. The molecule has 8 heteroatoms. The summed E-state index contributed by atoms with van der Waals surface area (Å²) in [7, 11) is 0. The number of aliphatic hydroxyl groups excluding tert-OH is 1. The Labute approximate surface area is 215 Å². The lowest BCUT2D eigenvalue weighted by molar-refractivity contribution is -0.0467. The standard InChI is InChI=1S/C27H29Cl2N3O3/c1-3-23(35-24-15-25(27(33)34)32-11-8-30-26(32)16-24)5-4-18(2)17-31-9-6-19(7-10-31)20-12-21(28)14-22(29)13-20/h3-5,8,11-16,19,27,33-34H,1,6-7,9-10,17H2,2H3/b18-4+,23-5+. The van der Waals surface area contributed by atoms with Gasteiger partial charge >= 0.3 is 0 Å². The molecular weight excluding hydrogens is 485 g/mol. The maximum Gasteiger partial charge on any atom is 0.194 e. The van der Waals surface area contributed by atoms with Crippen molar-refractivity contribution in [3.8, 4) is 5.75 Å². The molecule has 6 nitrogen and oxygen atoms in total. The van der Waals surface area contributed by atoms with Crippen LogP contribution < -0.4 is 4.74 Å². The number of rotatable bonds is 8. The maximum absolute atomic E-state index is 9.68. The Morgan fingerprint density at radius 3 is 2.51 bits per heavy atom. The molecule has 0 aliphatic carbocycles. The molecule has 35 heavy (non-hydrogen) atoms. The van der Waals surface area contributed by atoms with E-state index in [-0.39, 0.29) is 5.69 Å². The predicted octanol–water partition coefficient (Wildman–Crippen LogP) is 5.90. The summed E-state index contributed by atoms with van der Waals surface area (Å²) < 4.78 is 7.54. The van der Waals surface area contributed by atoms with Crippen molar-refractivity contribution in [1.29, 1.82) is 0 Å². The molecule has 1 saturated heterocycles. The third kappa shape index (κ3) is 6.54. The highest BCUT2D eigenvalue weighted by atomic mass is 35.5. The molecule has 0 saturated carbocycles. The number of aromatic nitrogens is 2. The minimum atomic E-state index is -1.64. The lowest BCUT2D eigenvalue weighted by atomic mass is 9.89. The molecule has 1 fully saturated rings. The molecule has 0 unspecified atom stereocenters. The van der Waals surface area contributed by atoms with Crippen LogP contribution in [0.4, 0.5) is 0 Å². The number of ether oxygens (including phenoxy) is 1. The summed E-state index contributed by atoms with van der Waals surface area (Å²) in [5.74, 6) is 1.48. The zero-order chi connectivity index (χ0) is 24.9. The van der Waals surface area contributed by atoms with Gasteiger partial charge in [-0.3, -0.25) is 9.30 Å². The van der Waals surface area contributed by atoms with Crippen LogP contribution in [0.15, 0.2) is 78.9 Å². The van der Waals surface area contributed by atoms with Crippen LogP contribution in [0, 0.1) is 0 Å². The van der Waals surface area contributed by atoms with Crippen molar-refractivity contribution in [1.82, 2.24) is 14.3 Å². The molecule has 0 bridgehead atoms. The molecule has 2 aromatic heterocycles. The Morgan fingerprint density at radius 1 is 1.14 bits per heavy atom. The van der Waals surface area contributed by atoms with Gasteiger partial charge in [-0.1, -0.05) is 41.4 Å². The number of halogens is 2. The molecule has 3 heterocycles. The van der Waals surface area contributed by atoms with Gasteiger partial charge in [-0.05, 0) is 74.7 Å². The fraction of sp³-hybridized carbons (Fsp3) is 0.296. The molecule has 0 radical (unpaired) electrons. The number of imidazole rings is 1. The van der Waals surface area contributed by atoms with Crippen molar-refractivity contribution in [2.45, 2.75) is 32.0 Å². The van der Waals surface area contributed by atoms with Crippen molar-refractivity contribution in [2.24, 2.45) is 0 Å². The number of fused-ring (bicyclic) bond motifs is 1. The highest BCUT2D eigenvalue weighted by Gasteiger charge is 2.21. The van der Waals surface area contributed by atoms with Gasteiger partial charge in [0.25, 0.3) is 0 Å². The van der Waals surface area contributed by atoms with Crippen LogP contribution in [0.2, 0.25) is 10.0 Å². The molecule has 0 spiro atoms. The van der Waals surface area contributed by atoms with Gasteiger partial charge in [-0.2, -0.15) is 0 Å². The van der Waals surface area contributed by atoms with Crippen LogP contribution in [0.5, 0.6) is 5.75 Å². The van der Waals surface area contributed by atoms with E-state index in [2.05, 4.69) is 23.4 Å². The van der Waals surface area contributed by atoms with E-state index in [1.807, 2.05) is 24.3 Å². The summed E-state index contributed by atoms with van der Waals surface area (Å²) in [6, 6.07) is 9.13. The SMILES string of the molecule is C=C/C(=C\C=C(/C)CN1CCC(c2cc(Cl)cc(Cl)c2)CC1)Oc1cc(C(O)O)n2ccnc2c1. The first-order valence-corrected chi connectivity index (χ1v) is 12.3. The number of benzene rings is 1. The van der Waals surface area contributed by atoms with Crippen molar-refractivity contribution in [3.63, 3.8) is 0 Å². The van der Waals surface area contributed by atoms with Gasteiger partial charge < -0.3 is 14.9 Å². The first-order chi connectivity index (χ1) is 16.8. The second-order valence-electron chi connectivity index (χ2n) is 8.79. The van der Waals surface area contributed by atoms with Crippen molar-refractivity contribution in [3.05, 3.63) is 100 Å². The van der Waals surface area contributed by atoms with E-state index >= 15 is 0 Å². The van der Waals surface area contributed by atoms with Crippen molar-refractivity contribution in [2.75, 3.05) is 19.6 Å². The van der Waals surface area contributed by atoms with E-state index in [1.54, 1.807) is 41.1 Å². The van der Waals surface area contributed by atoms with E-state index in [9.17, 15) is 10.2 Å². The summed E-state index contributed by atoms with van der Waals surface area (Å²) in [6.45, 7) is 8.81. The zero-order valence-corrected chi connectivity index (χ0v) is 21.1. The fourth-order valence-electron chi connectivity index (χ4n) is 4.43. The number of allylic oxidation sites excluding steroid dienone is 3. The van der Waals surface area contributed by atoms with E-state index in [4.69, 9.17) is 27.9 Å². The molecule has 4 rings (SSSR count). The summed E-state index contributed by atoms with van der Waals surface area (Å²) in [5.41, 5.74) is 3.25. The minimum absolute atomic E-state index is 0.272. The molecule has 3 aromatic rings. The van der Waals surface area contributed by atoms with E-state index in [0.29, 0.717) is 33.1 Å². The lowest BCUT2D eigenvalue weighted by Gasteiger charge is -2.32. The highest BCUT2D eigenvalue weighted by Crippen LogP contribution is 2.32. The Kier molecular flexibility index (Phi) is 8.31. The second kappa shape index (κ2) is 11.4. The number of hydrogen-bond donors (Lipinski definition) is 2. The van der Waals surface area contributed by atoms with Crippen LogP contribution in [0.3, 0.4) is 0 Å². The highest BCUT2D eigenvalue weighted by molar-refractivity contribution is 6.34. The molecule has 1 aliphatic heterocycles. The normalized spacial score (nSPS) is 16.3. The molecule has 0 atom stereocenters. The van der Waals surface area contributed by atoms with Crippen LogP contribution in [0.25, 0.3) is 5.65 Å².